The van der Waals surface area contributed by atoms with Gasteiger partial charge in [-0.1, -0.05) is 23.2 Å². The number of carbonyl (C=O) groups is 1. The van der Waals surface area contributed by atoms with Crippen LogP contribution in [0.3, 0.4) is 0 Å². The minimum Gasteiger partial charge on any atom is -0.495 e. The predicted octanol–water partition coefficient (Wildman–Crippen LogP) is 2.23. The number of anilines is 2. The second kappa shape index (κ2) is 8.91. The summed E-state index contributed by atoms with van der Waals surface area (Å²) in [4.78, 5) is 16.7. The summed E-state index contributed by atoms with van der Waals surface area (Å²) in [5.41, 5.74) is 1.50. The van der Waals surface area contributed by atoms with Crippen molar-refractivity contribution in [2.75, 3.05) is 49.2 Å². The number of rotatable bonds is 6. The van der Waals surface area contributed by atoms with Crippen LogP contribution < -0.4 is 14.4 Å². The van der Waals surface area contributed by atoms with Crippen molar-refractivity contribution in [1.82, 2.24) is 14.7 Å². The lowest BCUT2D eigenvalue weighted by Crippen LogP contribution is -2.49. The Labute approximate surface area is 185 Å². The third-order valence-electron chi connectivity index (χ3n) is 4.83. The fourth-order valence-electron chi connectivity index (χ4n) is 3.21. The zero-order valence-corrected chi connectivity index (χ0v) is 19.2. The summed E-state index contributed by atoms with van der Waals surface area (Å²) >= 11 is 12.2. The molecule has 1 fully saturated rings. The van der Waals surface area contributed by atoms with E-state index in [1.807, 2.05) is 12.1 Å². The van der Waals surface area contributed by atoms with Gasteiger partial charge in [0.25, 0.3) is 0 Å². The summed E-state index contributed by atoms with van der Waals surface area (Å²) < 4.78 is 31.8. The van der Waals surface area contributed by atoms with Crippen molar-refractivity contribution in [1.29, 1.82) is 0 Å². The van der Waals surface area contributed by atoms with Gasteiger partial charge in [-0.15, -0.1) is 0 Å². The number of halogens is 2. The molecule has 0 unspecified atom stereocenters. The van der Waals surface area contributed by atoms with Crippen LogP contribution in [-0.4, -0.2) is 68.5 Å². The molecule has 1 aromatic carbocycles. The summed E-state index contributed by atoms with van der Waals surface area (Å²) in [6.45, 7) is 4.08. The number of amides is 1. The van der Waals surface area contributed by atoms with Crippen LogP contribution >= 0.6 is 23.2 Å². The Hall–Kier alpha value is -2.17. The van der Waals surface area contributed by atoms with Crippen LogP contribution in [-0.2, 0) is 21.4 Å². The number of benzene rings is 1. The molecule has 0 radical (unpaired) electrons. The average Bonchev–Trinajstić information content (AvgIpc) is 2.95. The molecule has 3 rings (SSSR count). The van der Waals surface area contributed by atoms with Crippen molar-refractivity contribution >= 4 is 50.6 Å². The van der Waals surface area contributed by atoms with E-state index in [0.29, 0.717) is 42.6 Å². The van der Waals surface area contributed by atoms with E-state index in [4.69, 9.17) is 27.9 Å². The van der Waals surface area contributed by atoms with Gasteiger partial charge >= 0.3 is 0 Å². The lowest BCUT2D eigenvalue weighted by atomic mass is 10.2. The molecule has 2 heterocycles. The zero-order chi connectivity index (χ0) is 22.1. The molecule has 1 amide bonds. The van der Waals surface area contributed by atoms with E-state index < -0.39 is 10.0 Å². The third kappa shape index (κ3) is 5.11. The average molecular weight is 476 g/mol. The standard InChI is InChI=1S/C18H23Cl2N5O4S/c1-12-17(20)18(22-30(3,27)28)21-25(12)11-16(26)24-8-6-23(7-9-24)13-4-5-14(19)15(10-13)29-2/h4-5,10H,6-9,11H2,1-3H3,(H,21,22). The summed E-state index contributed by atoms with van der Waals surface area (Å²) in [5, 5.41) is 4.85. The first kappa shape index (κ1) is 22.5. The number of sulfonamides is 1. The van der Waals surface area contributed by atoms with Crippen molar-refractivity contribution < 1.29 is 17.9 Å². The first-order valence-electron chi connectivity index (χ1n) is 9.16. The van der Waals surface area contributed by atoms with Gasteiger partial charge in [0.15, 0.2) is 5.82 Å². The minimum absolute atomic E-state index is 0.0194. The molecule has 1 aliphatic heterocycles. The van der Waals surface area contributed by atoms with Crippen molar-refractivity contribution in [3.05, 3.63) is 33.9 Å². The van der Waals surface area contributed by atoms with Crippen LogP contribution in [0.5, 0.6) is 5.75 Å². The molecule has 9 nitrogen and oxygen atoms in total. The smallest absolute Gasteiger partial charge is 0.244 e. The van der Waals surface area contributed by atoms with Crippen molar-refractivity contribution in [2.24, 2.45) is 0 Å². The summed E-state index contributed by atoms with van der Waals surface area (Å²) in [6.07, 6.45) is 1.01. The van der Waals surface area contributed by atoms with E-state index in [0.717, 1.165) is 11.9 Å². The second-order valence-electron chi connectivity index (χ2n) is 6.97. The lowest BCUT2D eigenvalue weighted by molar-refractivity contribution is -0.132. The number of nitrogens with zero attached hydrogens (tertiary/aromatic N) is 4. The maximum atomic E-state index is 12.7. The third-order valence-corrected chi connectivity index (χ3v) is 6.16. The molecule has 164 valence electrons. The first-order valence-corrected chi connectivity index (χ1v) is 11.8. The van der Waals surface area contributed by atoms with Crippen LogP contribution in [0.25, 0.3) is 0 Å². The molecule has 0 atom stereocenters. The Bertz CT molecular complexity index is 1050. The van der Waals surface area contributed by atoms with Crippen molar-refractivity contribution in [2.45, 2.75) is 13.5 Å². The highest BCUT2D eigenvalue weighted by molar-refractivity contribution is 7.92. The van der Waals surface area contributed by atoms with Gasteiger partial charge in [0.05, 0.1) is 24.1 Å². The van der Waals surface area contributed by atoms with Gasteiger partial charge in [-0.2, -0.15) is 5.10 Å². The normalized spacial score (nSPS) is 14.7. The molecule has 1 saturated heterocycles. The number of piperazine rings is 1. The molecule has 0 bridgehead atoms. The largest absolute Gasteiger partial charge is 0.495 e. The van der Waals surface area contributed by atoms with Crippen LogP contribution in [0.15, 0.2) is 18.2 Å². The van der Waals surface area contributed by atoms with Gasteiger partial charge < -0.3 is 14.5 Å². The highest BCUT2D eigenvalue weighted by atomic mass is 35.5. The molecule has 1 aliphatic rings. The molecule has 0 spiro atoms. The quantitative estimate of drug-likeness (QED) is 0.687. The predicted molar refractivity (Wildman–Crippen MR) is 117 cm³/mol. The van der Waals surface area contributed by atoms with E-state index in [2.05, 4.69) is 14.7 Å². The van der Waals surface area contributed by atoms with Gasteiger partial charge in [-0.25, -0.2) is 8.42 Å². The number of aromatic nitrogens is 2. The second-order valence-corrected chi connectivity index (χ2v) is 9.50. The van der Waals surface area contributed by atoms with E-state index in [-0.39, 0.29) is 23.3 Å². The topological polar surface area (TPSA) is 96.8 Å². The van der Waals surface area contributed by atoms with E-state index in [9.17, 15) is 13.2 Å². The van der Waals surface area contributed by atoms with Gasteiger partial charge in [0.2, 0.25) is 15.9 Å². The Morgan fingerprint density at radius 3 is 2.50 bits per heavy atom. The molecule has 2 aromatic rings. The van der Waals surface area contributed by atoms with Crippen molar-refractivity contribution in [3.8, 4) is 5.75 Å². The Morgan fingerprint density at radius 2 is 1.90 bits per heavy atom. The van der Waals surface area contributed by atoms with Gasteiger partial charge in [0, 0.05) is 37.9 Å². The molecule has 30 heavy (non-hydrogen) atoms. The Balaban J connectivity index is 1.63. The Morgan fingerprint density at radius 1 is 1.23 bits per heavy atom. The molecule has 0 aliphatic carbocycles. The SMILES string of the molecule is COc1cc(N2CCN(C(=O)Cn3nc(NS(C)(=O)=O)c(Cl)c3C)CC2)ccc1Cl. The highest BCUT2D eigenvalue weighted by Gasteiger charge is 2.24. The number of ether oxygens (including phenoxy) is 1. The molecule has 12 heteroatoms. The minimum atomic E-state index is -3.52. The monoisotopic (exact) mass is 475 g/mol. The van der Waals surface area contributed by atoms with E-state index >= 15 is 0 Å². The zero-order valence-electron chi connectivity index (χ0n) is 16.9. The number of carbonyl (C=O) groups excluding carboxylic acids is 1. The Kier molecular flexibility index (Phi) is 6.68. The molecule has 1 N–H and O–H groups in total. The number of hydrogen-bond donors (Lipinski definition) is 1. The summed E-state index contributed by atoms with van der Waals surface area (Å²) in [6, 6.07) is 5.60. The maximum absolute atomic E-state index is 12.7. The summed E-state index contributed by atoms with van der Waals surface area (Å²) in [7, 11) is -1.95. The summed E-state index contributed by atoms with van der Waals surface area (Å²) in [5.74, 6) is 0.514. The number of nitrogens with one attached hydrogen (secondary N) is 1. The molecule has 0 saturated carbocycles. The fraction of sp³-hybridized carbons (Fsp3) is 0.444. The van der Waals surface area contributed by atoms with Gasteiger partial charge in [0.1, 0.15) is 17.3 Å². The van der Waals surface area contributed by atoms with Crippen LogP contribution in [0, 0.1) is 6.92 Å². The highest BCUT2D eigenvalue weighted by Crippen LogP contribution is 2.30. The van der Waals surface area contributed by atoms with Crippen molar-refractivity contribution in [3.63, 3.8) is 0 Å². The van der Waals surface area contributed by atoms with Gasteiger partial charge in [-0.05, 0) is 19.1 Å². The maximum Gasteiger partial charge on any atom is 0.244 e. The fourth-order valence-corrected chi connectivity index (χ4v) is 4.13. The number of hydrogen-bond acceptors (Lipinski definition) is 6. The molecule has 1 aromatic heterocycles. The van der Waals surface area contributed by atoms with Crippen LogP contribution in [0.1, 0.15) is 5.69 Å². The van der Waals surface area contributed by atoms with Gasteiger partial charge in [-0.3, -0.25) is 14.2 Å². The van der Waals surface area contributed by atoms with Crippen LogP contribution in [0.4, 0.5) is 11.5 Å². The molecular formula is C18H23Cl2N5O4S. The lowest BCUT2D eigenvalue weighted by Gasteiger charge is -2.36. The van der Waals surface area contributed by atoms with E-state index in [1.165, 1.54) is 4.68 Å². The molecular weight excluding hydrogens is 453 g/mol. The van der Waals surface area contributed by atoms with E-state index in [1.54, 1.807) is 25.0 Å². The number of methoxy groups -OCH3 is 1. The van der Waals surface area contributed by atoms with Crippen LogP contribution in [0.2, 0.25) is 10.0 Å². The first-order chi connectivity index (χ1) is 14.1.